The third-order valence-corrected chi connectivity index (χ3v) is 4.47. The van der Waals surface area contributed by atoms with E-state index in [1.54, 1.807) is 23.5 Å². The molecule has 0 spiro atoms. The molecule has 2 aromatic heterocycles. The van der Waals surface area contributed by atoms with Crippen LogP contribution in [0.3, 0.4) is 0 Å². The Labute approximate surface area is 136 Å². The quantitative estimate of drug-likeness (QED) is 0.751. The maximum absolute atomic E-state index is 13.0. The molecule has 0 radical (unpaired) electrons. The second-order valence-electron chi connectivity index (χ2n) is 4.98. The summed E-state index contributed by atoms with van der Waals surface area (Å²) < 4.78 is 13.0. The number of nitrogens with zero attached hydrogens (tertiary/aromatic N) is 2. The number of aromatic nitrogens is 3. The van der Waals surface area contributed by atoms with E-state index < -0.39 is 0 Å². The van der Waals surface area contributed by atoms with E-state index in [4.69, 9.17) is 0 Å². The molecule has 3 rings (SSSR count). The van der Waals surface area contributed by atoms with Crippen LogP contribution in [0.25, 0.3) is 11.3 Å². The Morgan fingerprint density at radius 2 is 2.09 bits per heavy atom. The smallest absolute Gasteiger partial charge is 0.274 e. The Morgan fingerprint density at radius 3 is 2.74 bits per heavy atom. The second kappa shape index (κ2) is 6.70. The van der Waals surface area contributed by atoms with Gasteiger partial charge < -0.3 is 5.32 Å². The van der Waals surface area contributed by atoms with Crippen LogP contribution in [0.5, 0.6) is 0 Å². The lowest BCUT2D eigenvalue weighted by molar-refractivity contribution is 0.0932. The fraction of sp³-hybridized carbons (Fsp3) is 0.188. The second-order valence-corrected chi connectivity index (χ2v) is 5.96. The minimum atomic E-state index is -0.341. The summed E-state index contributed by atoms with van der Waals surface area (Å²) in [4.78, 5) is 13.6. The largest absolute Gasteiger partial charge is 0.343 e. The third kappa shape index (κ3) is 3.29. The van der Waals surface area contributed by atoms with Crippen molar-refractivity contribution < 1.29 is 9.18 Å². The van der Waals surface area contributed by atoms with Crippen LogP contribution >= 0.6 is 11.3 Å². The van der Waals surface area contributed by atoms with Gasteiger partial charge in [-0.05, 0) is 42.1 Å². The number of hydrogen-bond donors (Lipinski definition) is 2. The standard InChI is InChI=1S/C16H15FN4OS/c1-2-12(13-4-3-9-23-13)18-16(22)15-14(19-21-20-15)10-5-7-11(17)8-6-10/h3-9,12H,2H2,1H3,(H,18,22)(H,19,20,21)/t12-/m1/s1. The minimum absolute atomic E-state index is 0.0692. The van der Waals surface area contributed by atoms with Gasteiger partial charge in [0.25, 0.3) is 5.91 Å². The van der Waals surface area contributed by atoms with E-state index >= 15 is 0 Å². The van der Waals surface area contributed by atoms with Gasteiger partial charge in [-0.15, -0.1) is 11.3 Å². The topological polar surface area (TPSA) is 70.7 Å². The highest BCUT2D eigenvalue weighted by Crippen LogP contribution is 2.24. The van der Waals surface area contributed by atoms with Crippen molar-refractivity contribution in [1.82, 2.24) is 20.7 Å². The van der Waals surface area contributed by atoms with Gasteiger partial charge in [-0.25, -0.2) is 4.39 Å². The molecule has 0 bridgehead atoms. The van der Waals surface area contributed by atoms with Crippen LogP contribution in [0.1, 0.15) is 34.8 Å². The van der Waals surface area contributed by atoms with Crippen molar-refractivity contribution in [3.05, 3.63) is 58.2 Å². The highest BCUT2D eigenvalue weighted by molar-refractivity contribution is 7.10. The third-order valence-electron chi connectivity index (χ3n) is 3.48. The number of amides is 1. The Kier molecular flexibility index (Phi) is 4.47. The van der Waals surface area contributed by atoms with Gasteiger partial charge in [-0.2, -0.15) is 15.4 Å². The minimum Gasteiger partial charge on any atom is -0.343 e. The summed E-state index contributed by atoms with van der Waals surface area (Å²) in [6.45, 7) is 2.01. The Morgan fingerprint density at radius 1 is 1.30 bits per heavy atom. The van der Waals surface area contributed by atoms with E-state index in [0.29, 0.717) is 11.3 Å². The number of carbonyl (C=O) groups is 1. The van der Waals surface area contributed by atoms with Crippen LogP contribution in [0.15, 0.2) is 41.8 Å². The number of hydrogen-bond acceptors (Lipinski definition) is 4. The van der Waals surface area contributed by atoms with Gasteiger partial charge >= 0.3 is 0 Å². The molecule has 118 valence electrons. The van der Waals surface area contributed by atoms with E-state index in [1.807, 2.05) is 24.4 Å². The number of rotatable bonds is 5. The number of benzene rings is 1. The average Bonchev–Trinajstić information content (AvgIpc) is 3.24. The van der Waals surface area contributed by atoms with Crippen molar-refractivity contribution in [2.24, 2.45) is 0 Å². The molecule has 0 aliphatic rings. The van der Waals surface area contributed by atoms with Crippen LogP contribution in [-0.4, -0.2) is 21.3 Å². The van der Waals surface area contributed by atoms with Gasteiger partial charge in [0.1, 0.15) is 11.5 Å². The van der Waals surface area contributed by atoms with E-state index in [0.717, 1.165) is 11.3 Å². The molecule has 0 saturated carbocycles. The number of thiophene rings is 1. The number of aromatic amines is 1. The summed E-state index contributed by atoms with van der Waals surface area (Å²) in [7, 11) is 0. The predicted molar refractivity (Wildman–Crippen MR) is 86.6 cm³/mol. The van der Waals surface area contributed by atoms with Gasteiger partial charge in [-0.3, -0.25) is 4.79 Å². The molecule has 1 atom stereocenters. The molecule has 7 heteroatoms. The first kappa shape index (κ1) is 15.4. The van der Waals surface area contributed by atoms with E-state index in [-0.39, 0.29) is 23.5 Å². The van der Waals surface area contributed by atoms with Gasteiger partial charge in [0, 0.05) is 10.4 Å². The molecule has 0 unspecified atom stereocenters. The highest BCUT2D eigenvalue weighted by Gasteiger charge is 2.21. The summed E-state index contributed by atoms with van der Waals surface area (Å²) in [5, 5.41) is 15.4. The number of halogens is 1. The normalized spacial score (nSPS) is 12.1. The van der Waals surface area contributed by atoms with Gasteiger partial charge in [0.2, 0.25) is 0 Å². The Hall–Kier alpha value is -2.54. The Bertz CT molecular complexity index is 783. The number of carbonyl (C=O) groups excluding carboxylic acids is 1. The van der Waals surface area contributed by atoms with Crippen molar-refractivity contribution in [1.29, 1.82) is 0 Å². The van der Waals surface area contributed by atoms with Gasteiger partial charge in [0.15, 0.2) is 5.69 Å². The molecule has 1 aromatic carbocycles. The molecular weight excluding hydrogens is 315 g/mol. The molecule has 1 amide bonds. The van der Waals surface area contributed by atoms with Crippen LogP contribution in [0.2, 0.25) is 0 Å². The molecule has 0 aliphatic heterocycles. The summed E-state index contributed by atoms with van der Waals surface area (Å²) >= 11 is 1.60. The Balaban J connectivity index is 1.83. The van der Waals surface area contributed by atoms with E-state index in [1.165, 1.54) is 12.1 Å². The first-order valence-electron chi connectivity index (χ1n) is 7.20. The lowest BCUT2D eigenvalue weighted by atomic mass is 10.1. The first-order valence-corrected chi connectivity index (χ1v) is 8.08. The average molecular weight is 330 g/mol. The fourth-order valence-electron chi connectivity index (χ4n) is 2.29. The SMILES string of the molecule is CC[C@@H](NC(=O)c1n[nH]nc1-c1ccc(F)cc1)c1cccs1. The zero-order chi connectivity index (χ0) is 16.2. The van der Waals surface area contributed by atoms with Crippen molar-refractivity contribution >= 4 is 17.2 Å². The molecule has 3 aromatic rings. The van der Waals surface area contributed by atoms with Gasteiger partial charge in [-0.1, -0.05) is 13.0 Å². The maximum Gasteiger partial charge on any atom is 0.274 e. The van der Waals surface area contributed by atoms with Crippen LogP contribution in [0.4, 0.5) is 4.39 Å². The summed E-state index contributed by atoms with van der Waals surface area (Å²) in [5.74, 6) is -0.648. The molecule has 5 nitrogen and oxygen atoms in total. The lowest BCUT2D eigenvalue weighted by Crippen LogP contribution is -2.28. The molecule has 0 aliphatic carbocycles. The van der Waals surface area contributed by atoms with Crippen LogP contribution < -0.4 is 5.32 Å². The molecule has 2 N–H and O–H groups in total. The predicted octanol–water partition coefficient (Wildman–Crippen LogP) is 3.55. The monoisotopic (exact) mass is 330 g/mol. The summed E-state index contributed by atoms with van der Waals surface area (Å²) in [6, 6.07) is 9.66. The van der Waals surface area contributed by atoms with Crippen molar-refractivity contribution in [3.63, 3.8) is 0 Å². The fourth-order valence-corrected chi connectivity index (χ4v) is 3.15. The molecular formula is C16H15FN4OS. The maximum atomic E-state index is 13.0. The number of nitrogens with one attached hydrogen (secondary N) is 2. The summed E-state index contributed by atoms with van der Waals surface area (Å²) in [5.41, 5.74) is 1.24. The first-order chi connectivity index (χ1) is 11.2. The zero-order valence-corrected chi connectivity index (χ0v) is 13.2. The molecule has 0 fully saturated rings. The van der Waals surface area contributed by atoms with E-state index in [2.05, 4.69) is 20.7 Å². The van der Waals surface area contributed by atoms with Crippen LogP contribution in [-0.2, 0) is 0 Å². The zero-order valence-electron chi connectivity index (χ0n) is 12.4. The van der Waals surface area contributed by atoms with Crippen molar-refractivity contribution in [2.75, 3.05) is 0 Å². The van der Waals surface area contributed by atoms with E-state index in [9.17, 15) is 9.18 Å². The summed E-state index contributed by atoms with van der Waals surface area (Å²) in [6.07, 6.45) is 0.774. The number of H-pyrrole nitrogens is 1. The molecule has 2 heterocycles. The molecule has 0 saturated heterocycles. The van der Waals surface area contributed by atoms with Crippen molar-refractivity contribution in [3.8, 4) is 11.3 Å². The van der Waals surface area contributed by atoms with Gasteiger partial charge in [0.05, 0.1) is 6.04 Å². The lowest BCUT2D eigenvalue weighted by Gasteiger charge is -2.14. The van der Waals surface area contributed by atoms with Crippen molar-refractivity contribution in [2.45, 2.75) is 19.4 Å². The molecule has 23 heavy (non-hydrogen) atoms. The van der Waals surface area contributed by atoms with Crippen LogP contribution in [0, 0.1) is 5.82 Å². The highest BCUT2D eigenvalue weighted by atomic mass is 32.1.